The Balaban J connectivity index is 4.46. The summed E-state index contributed by atoms with van der Waals surface area (Å²) in [6.07, 6.45) is 0.981. The third-order valence-electron chi connectivity index (χ3n) is 1.99. The molecule has 0 saturated heterocycles. The van der Waals surface area contributed by atoms with Crippen LogP contribution in [0.4, 0.5) is 0 Å². The number of carbonyl (C=O) groups is 1. The van der Waals surface area contributed by atoms with Gasteiger partial charge in [-0.2, -0.15) is 0 Å². The number of carboxylic acids is 1. The minimum Gasteiger partial charge on any atom is -0.479 e. The Morgan fingerprint density at radius 3 is 1.92 bits per heavy atom. The highest BCUT2D eigenvalue weighted by Gasteiger charge is 2.36. The first kappa shape index (κ1) is 11.4. The SMILES string of the molecule is CCC(CC)(OC(C)C)C(=O)O. The molecule has 0 aliphatic rings. The lowest BCUT2D eigenvalue weighted by Gasteiger charge is -2.29. The fourth-order valence-electron chi connectivity index (χ4n) is 1.22. The third kappa shape index (κ3) is 2.48. The number of aliphatic carboxylic acids is 1. The minimum absolute atomic E-state index is 0.0407. The highest BCUT2D eigenvalue weighted by Crippen LogP contribution is 2.22. The Bertz CT molecular complexity index is 148. The molecule has 0 heterocycles. The van der Waals surface area contributed by atoms with E-state index in [0.29, 0.717) is 12.8 Å². The van der Waals surface area contributed by atoms with Gasteiger partial charge in [-0.3, -0.25) is 0 Å². The van der Waals surface area contributed by atoms with Crippen LogP contribution in [0.2, 0.25) is 0 Å². The largest absolute Gasteiger partial charge is 0.479 e. The van der Waals surface area contributed by atoms with Crippen molar-refractivity contribution >= 4 is 5.97 Å². The van der Waals surface area contributed by atoms with Crippen LogP contribution in [0.25, 0.3) is 0 Å². The van der Waals surface area contributed by atoms with Crippen LogP contribution >= 0.6 is 0 Å². The quantitative estimate of drug-likeness (QED) is 0.694. The molecule has 1 N–H and O–H groups in total. The molecule has 0 aromatic carbocycles. The molecule has 0 aromatic rings. The lowest BCUT2D eigenvalue weighted by atomic mass is 9.97. The topological polar surface area (TPSA) is 46.5 Å². The molecule has 0 aliphatic carbocycles. The number of hydrogen-bond acceptors (Lipinski definition) is 2. The summed E-state index contributed by atoms with van der Waals surface area (Å²) in [5.74, 6) is -0.860. The summed E-state index contributed by atoms with van der Waals surface area (Å²) in [6, 6.07) is 0. The Labute approximate surface area is 73.7 Å². The maximum absolute atomic E-state index is 10.9. The zero-order valence-electron chi connectivity index (χ0n) is 8.26. The predicted molar refractivity (Wildman–Crippen MR) is 47.2 cm³/mol. The Hall–Kier alpha value is -0.570. The second kappa shape index (κ2) is 4.45. The van der Waals surface area contributed by atoms with Gasteiger partial charge < -0.3 is 9.84 Å². The van der Waals surface area contributed by atoms with Crippen molar-refractivity contribution in [2.24, 2.45) is 0 Å². The molecule has 0 aromatic heterocycles. The Kier molecular flexibility index (Phi) is 4.24. The van der Waals surface area contributed by atoms with Crippen LogP contribution in [0, 0.1) is 0 Å². The van der Waals surface area contributed by atoms with Gasteiger partial charge in [-0.05, 0) is 26.7 Å². The fraction of sp³-hybridized carbons (Fsp3) is 0.889. The second-order valence-electron chi connectivity index (χ2n) is 3.17. The molecule has 0 bridgehead atoms. The van der Waals surface area contributed by atoms with Gasteiger partial charge in [-0.25, -0.2) is 4.79 Å². The molecule has 0 spiro atoms. The molecule has 0 aliphatic heterocycles. The zero-order valence-corrected chi connectivity index (χ0v) is 8.26. The van der Waals surface area contributed by atoms with Crippen molar-refractivity contribution in [3.8, 4) is 0 Å². The minimum atomic E-state index is -0.978. The van der Waals surface area contributed by atoms with Crippen LogP contribution in [0.15, 0.2) is 0 Å². The summed E-state index contributed by atoms with van der Waals surface area (Å²) in [7, 11) is 0. The Morgan fingerprint density at radius 2 is 1.83 bits per heavy atom. The van der Waals surface area contributed by atoms with Gasteiger partial charge >= 0.3 is 5.97 Å². The molecule has 12 heavy (non-hydrogen) atoms. The number of hydrogen-bond donors (Lipinski definition) is 1. The maximum Gasteiger partial charge on any atom is 0.335 e. The van der Waals surface area contributed by atoms with Gasteiger partial charge in [0.05, 0.1) is 6.10 Å². The van der Waals surface area contributed by atoms with Crippen LogP contribution in [0.5, 0.6) is 0 Å². The molecule has 0 atom stereocenters. The molecule has 0 unspecified atom stereocenters. The molecule has 0 saturated carbocycles. The van der Waals surface area contributed by atoms with Crippen LogP contribution in [-0.4, -0.2) is 22.8 Å². The number of rotatable bonds is 5. The maximum atomic E-state index is 10.9. The van der Waals surface area contributed by atoms with Crippen molar-refractivity contribution in [3.05, 3.63) is 0 Å². The number of carboxylic acid groups (broad SMARTS) is 1. The predicted octanol–water partition coefficient (Wildman–Crippen LogP) is 2.05. The first-order valence-corrected chi connectivity index (χ1v) is 4.39. The second-order valence-corrected chi connectivity index (χ2v) is 3.17. The molecule has 0 radical (unpaired) electrons. The summed E-state index contributed by atoms with van der Waals surface area (Å²) >= 11 is 0. The van der Waals surface area contributed by atoms with Crippen LogP contribution in [-0.2, 0) is 9.53 Å². The van der Waals surface area contributed by atoms with Crippen molar-refractivity contribution < 1.29 is 14.6 Å². The molecule has 0 fully saturated rings. The summed E-state index contributed by atoms with van der Waals surface area (Å²) in [5.41, 5.74) is -0.978. The highest BCUT2D eigenvalue weighted by molar-refractivity contribution is 5.77. The lowest BCUT2D eigenvalue weighted by molar-refractivity contribution is -0.173. The van der Waals surface area contributed by atoms with E-state index in [1.807, 2.05) is 27.7 Å². The van der Waals surface area contributed by atoms with E-state index in [0.717, 1.165) is 0 Å². The van der Waals surface area contributed by atoms with Gasteiger partial charge in [-0.1, -0.05) is 13.8 Å². The van der Waals surface area contributed by atoms with Crippen LogP contribution < -0.4 is 0 Å². The van der Waals surface area contributed by atoms with Gasteiger partial charge in [0.1, 0.15) is 0 Å². The average Bonchev–Trinajstić information content (AvgIpc) is 1.99. The molecule has 0 rings (SSSR count). The molecule has 0 amide bonds. The van der Waals surface area contributed by atoms with Crippen molar-refractivity contribution in [2.45, 2.75) is 52.2 Å². The van der Waals surface area contributed by atoms with Gasteiger partial charge in [0.15, 0.2) is 5.60 Å². The molecule has 72 valence electrons. The van der Waals surface area contributed by atoms with Crippen LogP contribution in [0.3, 0.4) is 0 Å². The van der Waals surface area contributed by atoms with Crippen molar-refractivity contribution in [1.82, 2.24) is 0 Å². The standard InChI is InChI=1S/C9H18O3/c1-5-9(6-2,8(10)11)12-7(3)4/h7H,5-6H2,1-4H3,(H,10,11). The van der Waals surface area contributed by atoms with E-state index in [4.69, 9.17) is 9.84 Å². The normalized spacial score (nSPS) is 12.1. The summed E-state index contributed by atoms with van der Waals surface area (Å²) in [5, 5.41) is 8.95. The summed E-state index contributed by atoms with van der Waals surface area (Å²) in [4.78, 5) is 10.9. The third-order valence-corrected chi connectivity index (χ3v) is 1.99. The van der Waals surface area contributed by atoms with E-state index >= 15 is 0 Å². The van der Waals surface area contributed by atoms with E-state index in [-0.39, 0.29) is 6.10 Å². The molecular weight excluding hydrogens is 156 g/mol. The van der Waals surface area contributed by atoms with Gasteiger partial charge in [0.25, 0.3) is 0 Å². The first-order valence-electron chi connectivity index (χ1n) is 4.39. The molecule has 3 nitrogen and oxygen atoms in total. The summed E-state index contributed by atoms with van der Waals surface area (Å²) in [6.45, 7) is 7.37. The highest BCUT2D eigenvalue weighted by atomic mass is 16.5. The van der Waals surface area contributed by atoms with Crippen LogP contribution in [0.1, 0.15) is 40.5 Å². The van der Waals surface area contributed by atoms with Crippen molar-refractivity contribution in [2.75, 3.05) is 0 Å². The van der Waals surface area contributed by atoms with E-state index in [2.05, 4.69) is 0 Å². The lowest BCUT2D eigenvalue weighted by Crippen LogP contribution is -2.42. The monoisotopic (exact) mass is 174 g/mol. The summed E-state index contributed by atoms with van der Waals surface area (Å²) < 4.78 is 5.40. The fourth-order valence-corrected chi connectivity index (χ4v) is 1.22. The Morgan fingerprint density at radius 1 is 1.42 bits per heavy atom. The van der Waals surface area contributed by atoms with E-state index in [1.54, 1.807) is 0 Å². The smallest absolute Gasteiger partial charge is 0.335 e. The molecular formula is C9H18O3. The average molecular weight is 174 g/mol. The van der Waals surface area contributed by atoms with Gasteiger partial charge in [0.2, 0.25) is 0 Å². The van der Waals surface area contributed by atoms with E-state index in [1.165, 1.54) is 0 Å². The van der Waals surface area contributed by atoms with Crippen molar-refractivity contribution in [3.63, 3.8) is 0 Å². The molecule has 3 heteroatoms. The van der Waals surface area contributed by atoms with Gasteiger partial charge in [-0.15, -0.1) is 0 Å². The number of ether oxygens (including phenoxy) is 1. The van der Waals surface area contributed by atoms with E-state index < -0.39 is 11.6 Å². The van der Waals surface area contributed by atoms with E-state index in [9.17, 15) is 4.79 Å². The van der Waals surface area contributed by atoms with Crippen molar-refractivity contribution in [1.29, 1.82) is 0 Å². The van der Waals surface area contributed by atoms with Gasteiger partial charge in [0, 0.05) is 0 Å². The zero-order chi connectivity index (χ0) is 9.78. The first-order chi connectivity index (χ1) is 5.48.